The lowest BCUT2D eigenvalue weighted by molar-refractivity contribution is -0.148. The van der Waals surface area contributed by atoms with Crippen LogP contribution in [0.15, 0.2) is 78.9 Å². The number of esters is 1. The molecule has 0 amide bonds. The molecule has 0 saturated carbocycles. The molecule has 0 heterocycles. The third kappa shape index (κ3) is 5.29. The van der Waals surface area contributed by atoms with E-state index in [0.717, 1.165) is 33.8 Å². The average molecular weight is 384 g/mol. The van der Waals surface area contributed by atoms with Gasteiger partial charge in [-0.05, 0) is 54.8 Å². The first kappa shape index (κ1) is 20.3. The molecule has 0 aliphatic heterocycles. The minimum Gasteiger partial charge on any atom is -0.457 e. The summed E-state index contributed by atoms with van der Waals surface area (Å²) in [7, 11) is 0. The molecule has 0 spiro atoms. The maximum atomic E-state index is 12.3. The fourth-order valence-corrected chi connectivity index (χ4v) is 3.13. The molecule has 29 heavy (non-hydrogen) atoms. The molecule has 3 rings (SSSR count). The number of benzene rings is 3. The lowest BCUT2D eigenvalue weighted by atomic mass is 9.92. The Morgan fingerprint density at radius 1 is 0.862 bits per heavy atom. The zero-order valence-corrected chi connectivity index (χ0v) is 16.9. The standard InChI is InChI=1S/C26H24O3/c1-26(2,3)29-24(28)16-15-21(17-19-9-5-4-6-10-19)25-22(18-27)14-13-20-11-7-8-12-23(20)25/h4-18H,1-3H3/b16-15+,21-17-. The van der Waals surface area contributed by atoms with Crippen LogP contribution in [0.25, 0.3) is 22.4 Å². The highest BCUT2D eigenvalue weighted by molar-refractivity contribution is 6.07. The highest BCUT2D eigenvalue weighted by atomic mass is 16.6. The summed E-state index contributed by atoms with van der Waals surface area (Å²) in [5.74, 6) is -0.427. The quantitative estimate of drug-likeness (QED) is 0.176. The Morgan fingerprint density at radius 2 is 1.55 bits per heavy atom. The Morgan fingerprint density at radius 3 is 2.24 bits per heavy atom. The van der Waals surface area contributed by atoms with Gasteiger partial charge < -0.3 is 4.74 Å². The minimum atomic E-state index is -0.571. The van der Waals surface area contributed by atoms with Crippen molar-refractivity contribution in [3.63, 3.8) is 0 Å². The zero-order chi connectivity index (χ0) is 20.9. The summed E-state index contributed by atoms with van der Waals surface area (Å²) >= 11 is 0. The van der Waals surface area contributed by atoms with E-state index in [2.05, 4.69) is 0 Å². The molecule has 0 aromatic heterocycles. The molecule has 0 radical (unpaired) electrons. The van der Waals surface area contributed by atoms with Crippen LogP contribution >= 0.6 is 0 Å². The van der Waals surface area contributed by atoms with Gasteiger partial charge in [-0.3, -0.25) is 4.79 Å². The highest BCUT2D eigenvalue weighted by Crippen LogP contribution is 2.30. The van der Waals surface area contributed by atoms with Gasteiger partial charge in [-0.15, -0.1) is 0 Å². The molecule has 0 unspecified atom stereocenters. The fraction of sp³-hybridized carbons (Fsp3) is 0.154. The predicted molar refractivity (Wildman–Crippen MR) is 119 cm³/mol. The molecule has 0 aliphatic carbocycles. The van der Waals surface area contributed by atoms with E-state index >= 15 is 0 Å². The number of rotatable bonds is 5. The summed E-state index contributed by atoms with van der Waals surface area (Å²) in [4.78, 5) is 24.1. The Labute approximate surface area is 171 Å². The number of aldehydes is 1. The van der Waals surface area contributed by atoms with Gasteiger partial charge in [0.05, 0.1) is 0 Å². The van der Waals surface area contributed by atoms with Crippen molar-refractivity contribution >= 4 is 34.7 Å². The van der Waals surface area contributed by atoms with E-state index in [-0.39, 0.29) is 0 Å². The molecule has 0 atom stereocenters. The highest BCUT2D eigenvalue weighted by Gasteiger charge is 2.15. The van der Waals surface area contributed by atoms with Crippen LogP contribution < -0.4 is 0 Å². The third-order valence-electron chi connectivity index (χ3n) is 4.30. The van der Waals surface area contributed by atoms with Crippen LogP contribution in [-0.2, 0) is 9.53 Å². The molecule has 0 N–H and O–H groups in total. The van der Waals surface area contributed by atoms with Crippen LogP contribution in [-0.4, -0.2) is 17.9 Å². The summed E-state index contributed by atoms with van der Waals surface area (Å²) in [6.07, 6.45) is 5.95. The molecule has 3 nitrogen and oxygen atoms in total. The van der Waals surface area contributed by atoms with Crippen molar-refractivity contribution in [2.24, 2.45) is 0 Å². The van der Waals surface area contributed by atoms with Crippen LogP contribution in [0.1, 0.15) is 42.3 Å². The molecule has 0 saturated heterocycles. The smallest absolute Gasteiger partial charge is 0.331 e. The molecular weight excluding hydrogens is 360 g/mol. The second kappa shape index (κ2) is 8.70. The van der Waals surface area contributed by atoms with Gasteiger partial charge in [0.2, 0.25) is 0 Å². The van der Waals surface area contributed by atoms with E-state index in [1.54, 1.807) is 6.08 Å². The molecular formula is C26H24O3. The van der Waals surface area contributed by atoms with Gasteiger partial charge in [0.1, 0.15) is 5.60 Å². The minimum absolute atomic E-state index is 0.427. The van der Waals surface area contributed by atoms with Crippen molar-refractivity contribution in [3.8, 4) is 0 Å². The molecule has 3 heteroatoms. The van der Waals surface area contributed by atoms with Gasteiger partial charge in [0, 0.05) is 17.2 Å². The predicted octanol–water partition coefficient (Wildman–Crippen LogP) is 6.09. The number of ether oxygens (including phenoxy) is 1. The van der Waals surface area contributed by atoms with Crippen molar-refractivity contribution in [1.29, 1.82) is 0 Å². The van der Waals surface area contributed by atoms with E-state index in [1.165, 1.54) is 6.08 Å². The second-order valence-corrected chi connectivity index (χ2v) is 7.75. The lowest BCUT2D eigenvalue weighted by Gasteiger charge is -2.18. The topological polar surface area (TPSA) is 43.4 Å². The van der Waals surface area contributed by atoms with Gasteiger partial charge in [-0.25, -0.2) is 4.79 Å². The van der Waals surface area contributed by atoms with Gasteiger partial charge in [0.15, 0.2) is 6.29 Å². The summed E-state index contributed by atoms with van der Waals surface area (Å²) in [5, 5.41) is 1.98. The van der Waals surface area contributed by atoms with Crippen LogP contribution in [0.2, 0.25) is 0 Å². The number of carbonyl (C=O) groups is 2. The summed E-state index contributed by atoms with van der Waals surface area (Å²) < 4.78 is 5.40. The Balaban J connectivity index is 2.17. The number of hydrogen-bond donors (Lipinski definition) is 0. The van der Waals surface area contributed by atoms with E-state index in [9.17, 15) is 9.59 Å². The molecule has 0 aliphatic rings. The summed E-state index contributed by atoms with van der Waals surface area (Å²) in [6.45, 7) is 5.48. The van der Waals surface area contributed by atoms with E-state index in [4.69, 9.17) is 4.74 Å². The molecule has 0 bridgehead atoms. The summed E-state index contributed by atoms with van der Waals surface area (Å²) in [5.41, 5.74) is 2.53. The van der Waals surface area contributed by atoms with Crippen LogP contribution in [0, 0.1) is 0 Å². The molecule has 3 aromatic carbocycles. The van der Waals surface area contributed by atoms with Crippen LogP contribution in [0.5, 0.6) is 0 Å². The lowest BCUT2D eigenvalue weighted by Crippen LogP contribution is -2.22. The van der Waals surface area contributed by atoms with E-state index in [0.29, 0.717) is 5.56 Å². The van der Waals surface area contributed by atoms with E-state index in [1.807, 2.05) is 93.6 Å². The van der Waals surface area contributed by atoms with Crippen LogP contribution in [0.4, 0.5) is 0 Å². The average Bonchev–Trinajstić information content (AvgIpc) is 2.70. The first-order chi connectivity index (χ1) is 13.9. The first-order valence-corrected chi connectivity index (χ1v) is 9.52. The normalized spacial score (nSPS) is 12.3. The van der Waals surface area contributed by atoms with Crippen molar-refractivity contribution in [2.75, 3.05) is 0 Å². The Bertz CT molecular complexity index is 1080. The van der Waals surface area contributed by atoms with Gasteiger partial charge >= 0.3 is 5.97 Å². The largest absolute Gasteiger partial charge is 0.457 e. The molecule has 3 aromatic rings. The first-order valence-electron chi connectivity index (χ1n) is 9.52. The van der Waals surface area contributed by atoms with Crippen molar-refractivity contribution in [2.45, 2.75) is 26.4 Å². The second-order valence-electron chi connectivity index (χ2n) is 7.75. The maximum absolute atomic E-state index is 12.3. The van der Waals surface area contributed by atoms with Gasteiger partial charge in [-0.2, -0.15) is 0 Å². The Kier molecular flexibility index (Phi) is 6.08. The molecule has 0 fully saturated rings. The van der Waals surface area contributed by atoms with Gasteiger partial charge in [0.25, 0.3) is 0 Å². The van der Waals surface area contributed by atoms with Crippen molar-refractivity contribution in [1.82, 2.24) is 0 Å². The molecule has 146 valence electrons. The maximum Gasteiger partial charge on any atom is 0.331 e. The SMILES string of the molecule is CC(C)(C)OC(=O)/C=C/C(=C/c1ccccc1)c1c(C=O)ccc2ccccc12. The number of allylic oxidation sites excluding steroid dienone is 2. The van der Waals surface area contributed by atoms with Gasteiger partial charge in [-0.1, -0.05) is 66.7 Å². The zero-order valence-electron chi connectivity index (χ0n) is 16.9. The fourth-order valence-electron chi connectivity index (χ4n) is 3.13. The Hall–Kier alpha value is -3.46. The van der Waals surface area contributed by atoms with Crippen molar-refractivity contribution in [3.05, 3.63) is 95.6 Å². The summed E-state index contributed by atoms with van der Waals surface area (Å²) in [6, 6.07) is 21.4. The number of carbonyl (C=O) groups excluding carboxylic acids is 2. The number of fused-ring (bicyclic) bond motifs is 1. The van der Waals surface area contributed by atoms with Crippen molar-refractivity contribution < 1.29 is 14.3 Å². The monoisotopic (exact) mass is 384 g/mol. The third-order valence-corrected chi connectivity index (χ3v) is 4.30. The van der Waals surface area contributed by atoms with Crippen LogP contribution in [0.3, 0.4) is 0 Å². The van der Waals surface area contributed by atoms with E-state index < -0.39 is 11.6 Å². The number of hydrogen-bond acceptors (Lipinski definition) is 3.